The van der Waals surface area contributed by atoms with Gasteiger partial charge < -0.3 is 10.0 Å². The van der Waals surface area contributed by atoms with E-state index in [9.17, 15) is 5.11 Å². The van der Waals surface area contributed by atoms with Gasteiger partial charge in [0.1, 0.15) is 5.75 Å². The van der Waals surface area contributed by atoms with Crippen LogP contribution in [0.4, 0.5) is 11.4 Å². The molecular formula is C21H18N2O. The minimum atomic E-state index is 0.253. The minimum Gasteiger partial charge on any atom is -0.508 e. The standard InChI is InChI=1S/C21H18N2O/c24-21-7-3-4-16(12-21)13-22-19-8-10-20(11-9-19)23-14-17-5-1-2-6-18(17)15-23/h1-13,24H,14-15H2. The van der Waals surface area contributed by atoms with E-state index >= 15 is 0 Å². The molecule has 1 heterocycles. The lowest BCUT2D eigenvalue weighted by atomic mass is 10.1. The number of hydrogen-bond donors (Lipinski definition) is 1. The minimum absolute atomic E-state index is 0.253. The number of rotatable bonds is 3. The van der Waals surface area contributed by atoms with Gasteiger partial charge in [-0.2, -0.15) is 0 Å². The maximum atomic E-state index is 9.48. The van der Waals surface area contributed by atoms with E-state index in [4.69, 9.17) is 0 Å². The fraction of sp³-hybridized carbons (Fsp3) is 0.0952. The van der Waals surface area contributed by atoms with Crippen LogP contribution in [0.5, 0.6) is 5.75 Å². The number of nitrogens with zero attached hydrogens (tertiary/aromatic N) is 2. The molecule has 118 valence electrons. The van der Waals surface area contributed by atoms with Gasteiger partial charge in [-0.3, -0.25) is 4.99 Å². The molecular weight excluding hydrogens is 296 g/mol. The van der Waals surface area contributed by atoms with Crippen molar-refractivity contribution in [1.29, 1.82) is 0 Å². The maximum absolute atomic E-state index is 9.48. The summed E-state index contributed by atoms with van der Waals surface area (Å²) in [6.45, 7) is 1.92. The van der Waals surface area contributed by atoms with Gasteiger partial charge in [-0.25, -0.2) is 0 Å². The molecule has 3 aromatic rings. The first-order valence-corrected chi connectivity index (χ1v) is 8.03. The first-order chi connectivity index (χ1) is 11.8. The molecule has 1 N–H and O–H groups in total. The molecule has 1 aliphatic rings. The summed E-state index contributed by atoms with van der Waals surface area (Å²) >= 11 is 0. The topological polar surface area (TPSA) is 35.8 Å². The number of hydrogen-bond acceptors (Lipinski definition) is 3. The molecule has 0 fully saturated rings. The molecule has 1 aliphatic heterocycles. The van der Waals surface area contributed by atoms with Crippen LogP contribution >= 0.6 is 0 Å². The van der Waals surface area contributed by atoms with Crippen molar-refractivity contribution >= 4 is 17.6 Å². The van der Waals surface area contributed by atoms with Gasteiger partial charge in [0.05, 0.1) is 5.69 Å². The van der Waals surface area contributed by atoms with Crippen molar-refractivity contribution < 1.29 is 5.11 Å². The van der Waals surface area contributed by atoms with E-state index < -0.39 is 0 Å². The predicted molar refractivity (Wildman–Crippen MR) is 98.1 cm³/mol. The highest BCUT2D eigenvalue weighted by Crippen LogP contribution is 2.29. The van der Waals surface area contributed by atoms with E-state index in [1.54, 1.807) is 18.3 Å². The third-order valence-corrected chi connectivity index (χ3v) is 4.29. The largest absolute Gasteiger partial charge is 0.508 e. The molecule has 0 saturated heterocycles. The van der Waals surface area contributed by atoms with E-state index in [1.807, 2.05) is 24.3 Å². The first-order valence-electron chi connectivity index (χ1n) is 8.03. The Morgan fingerprint density at radius 3 is 2.21 bits per heavy atom. The van der Waals surface area contributed by atoms with Crippen LogP contribution in [-0.2, 0) is 13.1 Å². The first kappa shape index (κ1) is 14.5. The Kier molecular flexibility index (Phi) is 3.75. The summed E-state index contributed by atoms with van der Waals surface area (Å²) in [6.07, 6.45) is 1.76. The molecule has 3 heteroatoms. The van der Waals surface area contributed by atoms with Crippen LogP contribution in [0.2, 0.25) is 0 Å². The maximum Gasteiger partial charge on any atom is 0.116 e. The van der Waals surface area contributed by atoms with Crippen LogP contribution in [0.25, 0.3) is 0 Å². The van der Waals surface area contributed by atoms with Crippen molar-refractivity contribution in [1.82, 2.24) is 0 Å². The quantitative estimate of drug-likeness (QED) is 0.714. The van der Waals surface area contributed by atoms with E-state index in [0.717, 1.165) is 24.3 Å². The van der Waals surface area contributed by atoms with E-state index in [2.05, 4.69) is 46.3 Å². The number of aromatic hydroxyl groups is 1. The normalized spacial score (nSPS) is 13.4. The summed E-state index contributed by atoms with van der Waals surface area (Å²) in [5.74, 6) is 0.253. The molecule has 0 amide bonds. The molecule has 0 bridgehead atoms. The van der Waals surface area contributed by atoms with Crippen LogP contribution in [-0.4, -0.2) is 11.3 Å². The van der Waals surface area contributed by atoms with Gasteiger partial charge in [0.25, 0.3) is 0 Å². The molecule has 0 spiro atoms. The van der Waals surface area contributed by atoms with E-state index in [1.165, 1.54) is 16.8 Å². The third kappa shape index (κ3) is 3.01. The van der Waals surface area contributed by atoms with E-state index in [-0.39, 0.29) is 5.75 Å². The molecule has 0 radical (unpaired) electrons. The van der Waals surface area contributed by atoms with Crippen molar-refractivity contribution in [2.45, 2.75) is 13.1 Å². The second kappa shape index (κ2) is 6.20. The highest BCUT2D eigenvalue weighted by Gasteiger charge is 2.18. The number of aliphatic imine (C=N–C) groups is 1. The Labute approximate surface area is 141 Å². The van der Waals surface area contributed by atoms with Gasteiger partial charge in [-0.15, -0.1) is 0 Å². The average Bonchev–Trinajstić information content (AvgIpc) is 3.05. The van der Waals surface area contributed by atoms with Crippen molar-refractivity contribution in [3.8, 4) is 5.75 Å². The zero-order valence-electron chi connectivity index (χ0n) is 13.3. The van der Waals surface area contributed by atoms with Gasteiger partial charge in [-0.1, -0.05) is 36.4 Å². The smallest absolute Gasteiger partial charge is 0.116 e. The number of benzene rings is 3. The van der Waals surface area contributed by atoms with Crippen LogP contribution in [0.3, 0.4) is 0 Å². The van der Waals surface area contributed by atoms with Crippen molar-refractivity contribution in [3.63, 3.8) is 0 Å². The fourth-order valence-electron chi connectivity index (χ4n) is 3.02. The SMILES string of the molecule is Oc1cccc(C=Nc2ccc(N3Cc4ccccc4C3)cc2)c1. The Bertz CT molecular complexity index is 859. The second-order valence-corrected chi connectivity index (χ2v) is 5.99. The van der Waals surface area contributed by atoms with Crippen LogP contribution in [0.15, 0.2) is 77.8 Å². The summed E-state index contributed by atoms with van der Waals surface area (Å²) in [5, 5.41) is 9.48. The zero-order valence-corrected chi connectivity index (χ0v) is 13.3. The summed E-state index contributed by atoms with van der Waals surface area (Å²) in [4.78, 5) is 6.84. The third-order valence-electron chi connectivity index (χ3n) is 4.29. The molecule has 3 aromatic carbocycles. The van der Waals surface area contributed by atoms with Gasteiger partial charge >= 0.3 is 0 Å². The van der Waals surface area contributed by atoms with Crippen LogP contribution in [0, 0.1) is 0 Å². The summed E-state index contributed by atoms with van der Waals surface area (Å²) in [6, 6.07) is 23.9. The molecule has 0 unspecified atom stereocenters. The van der Waals surface area contributed by atoms with Crippen LogP contribution < -0.4 is 4.90 Å². The Balaban J connectivity index is 1.48. The lowest BCUT2D eigenvalue weighted by Crippen LogP contribution is -2.13. The molecule has 0 aliphatic carbocycles. The van der Waals surface area contributed by atoms with Crippen LogP contribution in [0.1, 0.15) is 16.7 Å². The average molecular weight is 314 g/mol. The predicted octanol–water partition coefficient (Wildman–Crippen LogP) is 4.66. The van der Waals surface area contributed by atoms with Gasteiger partial charge in [0.15, 0.2) is 0 Å². The molecule has 0 aromatic heterocycles. The number of anilines is 1. The van der Waals surface area contributed by atoms with Gasteiger partial charge in [-0.05, 0) is 53.1 Å². The summed E-state index contributed by atoms with van der Waals surface area (Å²) < 4.78 is 0. The van der Waals surface area contributed by atoms with Crippen molar-refractivity contribution in [2.24, 2.45) is 4.99 Å². The number of phenols is 1. The van der Waals surface area contributed by atoms with Crippen molar-refractivity contribution in [2.75, 3.05) is 4.90 Å². The summed E-state index contributed by atoms with van der Waals surface area (Å²) in [7, 11) is 0. The summed E-state index contributed by atoms with van der Waals surface area (Å²) in [5.41, 5.74) is 5.81. The number of fused-ring (bicyclic) bond motifs is 1. The molecule has 0 atom stereocenters. The van der Waals surface area contributed by atoms with Gasteiger partial charge in [0.2, 0.25) is 0 Å². The van der Waals surface area contributed by atoms with E-state index in [0.29, 0.717) is 0 Å². The highest BCUT2D eigenvalue weighted by atomic mass is 16.3. The molecule has 0 saturated carbocycles. The lowest BCUT2D eigenvalue weighted by molar-refractivity contribution is 0.475. The fourth-order valence-corrected chi connectivity index (χ4v) is 3.02. The Morgan fingerprint density at radius 1 is 0.833 bits per heavy atom. The molecule has 24 heavy (non-hydrogen) atoms. The monoisotopic (exact) mass is 314 g/mol. The van der Waals surface area contributed by atoms with Crippen molar-refractivity contribution in [3.05, 3.63) is 89.5 Å². The zero-order chi connectivity index (χ0) is 16.4. The highest BCUT2D eigenvalue weighted by molar-refractivity contribution is 5.82. The Hall–Kier alpha value is -3.07. The second-order valence-electron chi connectivity index (χ2n) is 5.99. The Morgan fingerprint density at radius 2 is 1.54 bits per heavy atom. The molecule has 4 rings (SSSR count). The van der Waals surface area contributed by atoms with Gasteiger partial charge in [0, 0.05) is 25.0 Å². The number of phenolic OH excluding ortho intramolecular Hbond substituents is 1. The molecule has 3 nitrogen and oxygen atoms in total. The lowest BCUT2D eigenvalue weighted by Gasteiger charge is -2.17.